The molecule has 128 valence electrons. The van der Waals surface area contributed by atoms with Crippen LogP contribution in [0.15, 0.2) is 11.6 Å². The summed E-state index contributed by atoms with van der Waals surface area (Å²) in [5.74, 6) is 0.721. The summed E-state index contributed by atoms with van der Waals surface area (Å²) in [5, 5.41) is 3.37. The van der Waals surface area contributed by atoms with Gasteiger partial charge in [-0.3, -0.25) is 4.79 Å². The van der Waals surface area contributed by atoms with Crippen LogP contribution in [0.4, 0.5) is 4.79 Å². The summed E-state index contributed by atoms with van der Waals surface area (Å²) < 4.78 is 5.41. The second kappa shape index (κ2) is 9.77. The Labute approximate surface area is 138 Å². The van der Waals surface area contributed by atoms with E-state index >= 15 is 0 Å². The van der Waals surface area contributed by atoms with E-state index in [0.717, 1.165) is 12.2 Å². The highest BCUT2D eigenvalue weighted by atomic mass is 32.2. The van der Waals surface area contributed by atoms with Crippen molar-refractivity contribution in [3.8, 4) is 0 Å². The van der Waals surface area contributed by atoms with E-state index < -0.39 is 5.60 Å². The minimum Gasteiger partial charge on any atom is -0.444 e. The van der Waals surface area contributed by atoms with Gasteiger partial charge in [0.15, 0.2) is 0 Å². The van der Waals surface area contributed by atoms with Crippen molar-refractivity contribution in [1.29, 1.82) is 0 Å². The van der Waals surface area contributed by atoms with Gasteiger partial charge in [0.1, 0.15) is 5.60 Å². The lowest BCUT2D eigenvalue weighted by Crippen LogP contribution is -2.43. The number of carbonyl (C=O) groups excluding carboxylic acids is 2. The van der Waals surface area contributed by atoms with Gasteiger partial charge in [-0.15, -0.1) is 11.8 Å². The van der Waals surface area contributed by atoms with Gasteiger partial charge in [0.05, 0.1) is 5.03 Å². The maximum Gasteiger partial charge on any atom is 0.410 e. The third-order valence-corrected chi connectivity index (χ3v) is 3.67. The minimum atomic E-state index is -0.545. The number of rotatable bonds is 8. The van der Waals surface area contributed by atoms with Crippen molar-refractivity contribution in [2.45, 2.75) is 66.0 Å². The second-order valence-corrected chi connectivity index (χ2v) is 7.44. The third-order valence-electron chi connectivity index (χ3n) is 2.93. The molecule has 0 rings (SSSR count). The van der Waals surface area contributed by atoms with Crippen molar-refractivity contribution in [2.24, 2.45) is 0 Å². The summed E-state index contributed by atoms with van der Waals surface area (Å²) >= 11 is 1.49. The van der Waals surface area contributed by atoms with Crippen molar-refractivity contribution >= 4 is 23.8 Å². The number of amides is 2. The molecule has 1 atom stereocenters. The summed E-state index contributed by atoms with van der Waals surface area (Å²) in [6, 6.07) is 0.0240. The molecule has 0 saturated heterocycles. The maximum absolute atomic E-state index is 12.2. The maximum atomic E-state index is 12.2. The van der Waals surface area contributed by atoms with Gasteiger partial charge in [-0.25, -0.2) is 4.79 Å². The zero-order valence-corrected chi connectivity index (χ0v) is 15.5. The molecule has 0 aliphatic heterocycles. The number of ether oxygens (including phenoxy) is 1. The quantitative estimate of drug-likeness (QED) is 0.736. The Morgan fingerprint density at radius 2 is 1.91 bits per heavy atom. The smallest absolute Gasteiger partial charge is 0.410 e. The molecule has 0 aliphatic carbocycles. The van der Waals surface area contributed by atoms with E-state index in [1.54, 1.807) is 4.90 Å². The molecule has 1 N–H and O–H groups in total. The fourth-order valence-corrected chi connectivity index (χ4v) is 2.22. The van der Waals surface area contributed by atoms with Gasteiger partial charge < -0.3 is 15.0 Å². The molecule has 1 unspecified atom stereocenters. The molecule has 2 amide bonds. The molecule has 0 fully saturated rings. The van der Waals surface area contributed by atoms with E-state index in [-0.39, 0.29) is 24.5 Å². The number of thioether (sulfide) groups is 1. The van der Waals surface area contributed by atoms with Crippen LogP contribution in [0.25, 0.3) is 0 Å². The van der Waals surface area contributed by atoms with Crippen LogP contribution in [0.1, 0.15) is 54.4 Å². The van der Waals surface area contributed by atoms with Crippen LogP contribution in [0.5, 0.6) is 0 Å². The van der Waals surface area contributed by atoms with Gasteiger partial charge in [0.25, 0.3) is 0 Å². The summed E-state index contributed by atoms with van der Waals surface area (Å²) in [6.45, 7) is 15.5. The molecule has 0 radical (unpaired) electrons. The molecule has 22 heavy (non-hydrogen) atoms. The molecular weight excluding hydrogens is 300 g/mol. The van der Waals surface area contributed by atoms with Gasteiger partial charge in [0.2, 0.25) is 5.91 Å². The zero-order chi connectivity index (χ0) is 17.3. The van der Waals surface area contributed by atoms with Crippen LogP contribution in [-0.4, -0.2) is 40.8 Å². The molecular formula is C16H30N2O3S. The van der Waals surface area contributed by atoms with E-state index in [4.69, 9.17) is 4.74 Å². The first-order chi connectivity index (χ1) is 10.1. The molecule has 0 aliphatic rings. The standard InChI is InChI=1S/C16H30N2O3S/c1-8-12(3)18(15(20)21-16(5,6)7)11-10-14(19)17-13(4)22-9-2/h12H,4,8-11H2,1-3,5-7H3,(H,17,19). The summed E-state index contributed by atoms with van der Waals surface area (Å²) in [5.41, 5.74) is -0.545. The molecule has 0 heterocycles. The van der Waals surface area contributed by atoms with Gasteiger partial charge in [-0.05, 0) is 39.9 Å². The number of nitrogens with zero attached hydrogens (tertiary/aromatic N) is 1. The zero-order valence-electron chi connectivity index (χ0n) is 14.7. The number of nitrogens with one attached hydrogen (secondary N) is 1. The van der Waals surface area contributed by atoms with Crippen LogP contribution in [0.3, 0.4) is 0 Å². The fraction of sp³-hybridized carbons (Fsp3) is 0.750. The van der Waals surface area contributed by atoms with E-state index in [2.05, 4.69) is 11.9 Å². The first kappa shape index (κ1) is 20.8. The minimum absolute atomic E-state index is 0.0240. The van der Waals surface area contributed by atoms with Crippen LogP contribution in [-0.2, 0) is 9.53 Å². The normalized spacial score (nSPS) is 12.5. The van der Waals surface area contributed by atoms with Crippen LogP contribution in [0.2, 0.25) is 0 Å². The summed E-state index contributed by atoms with van der Waals surface area (Å²) in [4.78, 5) is 25.7. The Morgan fingerprint density at radius 1 is 1.32 bits per heavy atom. The van der Waals surface area contributed by atoms with Gasteiger partial charge in [-0.1, -0.05) is 20.4 Å². The largest absolute Gasteiger partial charge is 0.444 e. The lowest BCUT2D eigenvalue weighted by Gasteiger charge is -2.31. The molecule has 0 aromatic carbocycles. The highest BCUT2D eigenvalue weighted by molar-refractivity contribution is 8.02. The molecule has 5 nitrogen and oxygen atoms in total. The van der Waals surface area contributed by atoms with E-state index in [0.29, 0.717) is 11.6 Å². The highest BCUT2D eigenvalue weighted by Crippen LogP contribution is 2.14. The van der Waals surface area contributed by atoms with E-state index in [9.17, 15) is 9.59 Å². The predicted octanol–water partition coefficient (Wildman–Crippen LogP) is 3.75. The van der Waals surface area contributed by atoms with Crippen LogP contribution >= 0.6 is 11.8 Å². The summed E-state index contributed by atoms with van der Waals surface area (Å²) in [7, 11) is 0. The van der Waals surface area contributed by atoms with Crippen LogP contribution < -0.4 is 5.32 Å². The first-order valence-electron chi connectivity index (χ1n) is 7.71. The number of hydrogen-bond acceptors (Lipinski definition) is 4. The Balaban J connectivity index is 4.58. The Kier molecular flexibility index (Phi) is 9.25. The average molecular weight is 330 g/mol. The molecule has 0 bridgehead atoms. The van der Waals surface area contributed by atoms with Gasteiger partial charge in [0, 0.05) is 19.0 Å². The fourth-order valence-electron chi connectivity index (χ4n) is 1.68. The Bertz CT molecular complexity index is 391. The van der Waals surface area contributed by atoms with Crippen molar-refractivity contribution in [3.05, 3.63) is 11.6 Å². The van der Waals surface area contributed by atoms with Gasteiger partial charge >= 0.3 is 6.09 Å². The third kappa shape index (κ3) is 8.97. The molecule has 0 aromatic rings. The molecule has 0 aromatic heterocycles. The first-order valence-corrected chi connectivity index (χ1v) is 8.70. The van der Waals surface area contributed by atoms with E-state index in [1.807, 2.05) is 41.5 Å². The Morgan fingerprint density at radius 3 is 2.36 bits per heavy atom. The summed E-state index contributed by atoms with van der Waals surface area (Å²) in [6.07, 6.45) is 0.656. The van der Waals surface area contributed by atoms with Gasteiger partial charge in [-0.2, -0.15) is 0 Å². The van der Waals surface area contributed by atoms with Crippen LogP contribution in [0, 0.1) is 0 Å². The molecule has 6 heteroatoms. The van der Waals surface area contributed by atoms with Crippen molar-refractivity contribution in [1.82, 2.24) is 10.2 Å². The van der Waals surface area contributed by atoms with E-state index in [1.165, 1.54) is 11.8 Å². The van der Waals surface area contributed by atoms with Crippen molar-refractivity contribution in [2.75, 3.05) is 12.3 Å². The average Bonchev–Trinajstić information content (AvgIpc) is 2.36. The topological polar surface area (TPSA) is 58.6 Å². The van der Waals surface area contributed by atoms with Crippen molar-refractivity contribution < 1.29 is 14.3 Å². The lowest BCUT2D eigenvalue weighted by molar-refractivity contribution is -0.120. The lowest BCUT2D eigenvalue weighted by atomic mass is 10.2. The monoisotopic (exact) mass is 330 g/mol. The SMILES string of the molecule is C=C(NC(=O)CCN(C(=O)OC(C)(C)C)C(C)CC)SCC. The second-order valence-electron chi connectivity index (χ2n) is 6.09. The van der Waals surface area contributed by atoms with Crippen molar-refractivity contribution in [3.63, 3.8) is 0 Å². The predicted molar refractivity (Wildman–Crippen MR) is 92.7 cm³/mol. The Hall–Kier alpha value is -1.17. The molecule has 0 spiro atoms. The number of carbonyl (C=O) groups is 2. The molecule has 0 saturated carbocycles. The number of hydrogen-bond donors (Lipinski definition) is 1. The highest BCUT2D eigenvalue weighted by Gasteiger charge is 2.25.